The standard InChI is InChI=1S/C20H23N5O7S/c21-20(22)25-14-6-7-15-12(9-14)4-2-8-31-18-13(3-1-5-16(18)32-19(15)28)10-23-33(29,30)24-11-17(26)27/h1,3,5-7,9,23-24H,2,4,8,10-11H2,(H,26,27)(H4,21,22,25). The lowest BCUT2D eigenvalue weighted by Crippen LogP contribution is -2.38. The summed E-state index contributed by atoms with van der Waals surface area (Å²) in [4.78, 5) is 27.4. The van der Waals surface area contributed by atoms with Crippen molar-refractivity contribution in [1.29, 1.82) is 0 Å². The number of benzene rings is 2. The lowest BCUT2D eigenvalue weighted by atomic mass is 10.0. The lowest BCUT2D eigenvalue weighted by molar-refractivity contribution is -0.135. The van der Waals surface area contributed by atoms with Crippen LogP contribution in [0.3, 0.4) is 0 Å². The zero-order chi connectivity index (χ0) is 24.0. The minimum Gasteiger partial charge on any atom is -0.489 e. The Morgan fingerprint density at radius 1 is 1.18 bits per heavy atom. The molecule has 0 radical (unpaired) electrons. The lowest BCUT2D eigenvalue weighted by Gasteiger charge is -2.19. The monoisotopic (exact) mass is 477 g/mol. The van der Waals surface area contributed by atoms with E-state index in [-0.39, 0.29) is 30.6 Å². The Morgan fingerprint density at radius 3 is 2.70 bits per heavy atom. The molecule has 0 aliphatic carbocycles. The molecule has 176 valence electrons. The van der Waals surface area contributed by atoms with Crippen molar-refractivity contribution in [3.8, 4) is 11.5 Å². The van der Waals surface area contributed by atoms with Crippen molar-refractivity contribution >= 4 is 33.8 Å². The van der Waals surface area contributed by atoms with Gasteiger partial charge >= 0.3 is 11.9 Å². The summed E-state index contributed by atoms with van der Waals surface area (Å²) in [6, 6.07) is 9.59. The Kier molecular flexibility index (Phi) is 7.48. The smallest absolute Gasteiger partial charge is 0.343 e. The molecule has 1 heterocycles. The number of nitrogens with one attached hydrogen (secondary N) is 2. The number of carbonyl (C=O) groups is 2. The Bertz CT molecular complexity index is 1190. The largest absolute Gasteiger partial charge is 0.489 e. The minimum absolute atomic E-state index is 0.101. The summed E-state index contributed by atoms with van der Waals surface area (Å²) >= 11 is 0. The first-order chi connectivity index (χ1) is 15.6. The first-order valence-corrected chi connectivity index (χ1v) is 11.3. The topological polar surface area (TPSA) is 195 Å². The van der Waals surface area contributed by atoms with Crippen LogP contribution in [0.2, 0.25) is 0 Å². The van der Waals surface area contributed by atoms with Crippen molar-refractivity contribution in [3.05, 3.63) is 53.1 Å². The van der Waals surface area contributed by atoms with Gasteiger partial charge in [-0.15, -0.1) is 0 Å². The summed E-state index contributed by atoms with van der Waals surface area (Å²) in [5.41, 5.74) is 12.8. The molecule has 0 saturated carbocycles. The highest BCUT2D eigenvalue weighted by atomic mass is 32.2. The second kappa shape index (κ2) is 10.3. The van der Waals surface area contributed by atoms with E-state index in [1.807, 2.05) is 4.72 Å². The normalized spacial score (nSPS) is 13.6. The Morgan fingerprint density at radius 2 is 1.97 bits per heavy atom. The molecule has 0 amide bonds. The number of carbonyl (C=O) groups excluding carboxylic acids is 1. The zero-order valence-electron chi connectivity index (χ0n) is 17.4. The number of nitrogens with zero attached hydrogens (tertiary/aromatic N) is 1. The fourth-order valence-corrected chi connectivity index (χ4v) is 3.88. The molecule has 3 rings (SSSR count). The summed E-state index contributed by atoms with van der Waals surface area (Å²) < 4.78 is 39.4. The van der Waals surface area contributed by atoms with E-state index >= 15 is 0 Å². The van der Waals surface area contributed by atoms with Gasteiger partial charge in [-0.1, -0.05) is 12.1 Å². The van der Waals surface area contributed by atoms with Gasteiger partial charge in [-0.05, 0) is 42.7 Å². The fraction of sp³-hybridized carbons (Fsp3) is 0.250. The maximum Gasteiger partial charge on any atom is 0.343 e. The van der Waals surface area contributed by atoms with E-state index in [4.69, 9.17) is 26.0 Å². The van der Waals surface area contributed by atoms with E-state index in [1.165, 1.54) is 6.07 Å². The van der Waals surface area contributed by atoms with Crippen LogP contribution in [0.5, 0.6) is 11.5 Å². The number of aliphatic imine (C=N–C) groups is 1. The number of aliphatic carboxylic acids is 1. The summed E-state index contributed by atoms with van der Waals surface area (Å²) in [5, 5.41) is 8.64. The second-order valence-electron chi connectivity index (χ2n) is 7.00. The molecule has 7 N–H and O–H groups in total. The molecule has 13 heteroatoms. The first kappa shape index (κ1) is 24.0. The number of aryl methyl sites for hydroxylation is 1. The van der Waals surface area contributed by atoms with Crippen LogP contribution in [-0.4, -0.2) is 44.6 Å². The number of para-hydroxylation sites is 1. The maximum atomic E-state index is 12.9. The molecule has 1 aliphatic heterocycles. The molecule has 0 aromatic heterocycles. The number of esters is 1. The summed E-state index contributed by atoms with van der Waals surface area (Å²) in [6.07, 6.45) is 1.03. The van der Waals surface area contributed by atoms with Gasteiger partial charge in [-0.3, -0.25) is 4.79 Å². The highest BCUT2D eigenvalue weighted by molar-refractivity contribution is 7.87. The van der Waals surface area contributed by atoms with Gasteiger partial charge in [-0.25, -0.2) is 9.79 Å². The molecular formula is C20H23N5O7S. The molecule has 0 bridgehead atoms. The van der Waals surface area contributed by atoms with Crippen molar-refractivity contribution in [2.75, 3.05) is 13.2 Å². The predicted molar refractivity (Wildman–Crippen MR) is 119 cm³/mol. The molecule has 0 fully saturated rings. The molecule has 0 unspecified atom stereocenters. The van der Waals surface area contributed by atoms with Crippen LogP contribution in [-0.2, 0) is 28.0 Å². The molecule has 12 nitrogen and oxygen atoms in total. The molecular weight excluding hydrogens is 454 g/mol. The van der Waals surface area contributed by atoms with E-state index in [0.717, 1.165) is 0 Å². The number of ether oxygens (including phenoxy) is 2. The van der Waals surface area contributed by atoms with Gasteiger partial charge in [-0.2, -0.15) is 17.9 Å². The average molecular weight is 477 g/mol. The molecule has 33 heavy (non-hydrogen) atoms. The number of carboxylic acids is 1. The molecule has 0 saturated heterocycles. The Hall–Kier alpha value is -3.68. The van der Waals surface area contributed by atoms with E-state index < -0.39 is 28.7 Å². The van der Waals surface area contributed by atoms with Crippen LogP contribution >= 0.6 is 0 Å². The maximum absolute atomic E-state index is 12.9. The Labute approximate surface area is 189 Å². The molecule has 0 spiro atoms. The summed E-state index contributed by atoms with van der Waals surface area (Å²) in [6.45, 7) is -0.716. The van der Waals surface area contributed by atoms with E-state index in [0.29, 0.717) is 35.2 Å². The van der Waals surface area contributed by atoms with E-state index in [9.17, 15) is 18.0 Å². The number of hydrogen-bond acceptors (Lipinski definition) is 7. The van der Waals surface area contributed by atoms with Gasteiger partial charge in [0.1, 0.15) is 6.54 Å². The average Bonchev–Trinajstić information content (AvgIpc) is 2.74. The van der Waals surface area contributed by atoms with Gasteiger partial charge < -0.3 is 26.0 Å². The Balaban J connectivity index is 1.85. The minimum atomic E-state index is -4.07. The SMILES string of the molecule is NC(N)=Nc1ccc2c(c1)CCCOc1c(CNS(=O)(=O)NCC(=O)O)cccc1OC2=O. The molecule has 2 aromatic carbocycles. The number of guanidine groups is 1. The van der Waals surface area contributed by atoms with Crippen LogP contribution in [0.25, 0.3) is 0 Å². The highest BCUT2D eigenvalue weighted by Crippen LogP contribution is 2.34. The zero-order valence-corrected chi connectivity index (χ0v) is 18.2. The number of rotatable bonds is 7. The number of fused-ring (bicyclic) bond motifs is 2. The van der Waals surface area contributed by atoms with Crippen molar-refractivity contribution in [1.82, 2.24) is 9.44 Å². The van der Waals surface area contributed by atoms with Crippen molar-refractivity contribution in [2.45, 2.75) is 19.4 Å². The highest BCUT2D eigenvalue weighted by Gasteiger charge is 2.21. The third-order valence-electron chi connectivity index (χ3n) is 4.53. The molecule has 2 aromatic rings. The summed E-state index contributed by atoms with van der Waals surface area (Å²) in [5.74, 6) is -1.70. The van der Waals surface area contributed by atoms with Crippen molar-refractivity contribution < 1.29 is 32.6 Å². The van der Waals surface area contributed by atoms with Crippen LogP contribution in [0.15, 0.2) is 41.4 Å². The van der Waals surface area contributed by atoms with E-state index in [1.54, 1.807) is 30.3 Å². The van der Waals surface area contributed by atoms with Gasteiger partial charge in [0.15, 0.2) is 17.5 Å². The number of hydrogen-bond donors (Lipinski definition) is 5. The fourth-order valence-electron chi connectivity index (χ4n) is 3.12. The second-order valence-corrected chi connectivity index (χ2v) is 8.59. The molecule has 0 atom stereocenters. The number of carboxylic acid groups (broad SMARTS) is 1. The van der Waals surface area contributed by atoms with Crippen LogP contribution in [0.4, 0.5) is 5.69 Å². The third-order valence-corrected chi connectivity index (χ3v) is 5.58. The van der Waals surface area contributed by atoms with Gasteiger partial charge in [0, 0.05) is 12.1 Å². The molecule has 1 aliphatic rings. The third kappa shape index (κ3) is 6.65. The predicted octanol–water partition coefficient (Wildman–Crippen LogP) is 0.144. The van der Waals surface area contributed by atoms with Crippen molar-refractivity contribution in [2.24, 2.45) is 16.5 Å². The van der Waals surface area contributed by atoms with Crippen LogP contribution in [0, 0.1) is 0 Å². The first-order valence-electron chi connectivity index (χ1n) is 9.80. The quantitative estimate of drug-likeness (QED) is 0.159. The van der Waals surface area contributed by atoms with E-state index in [2.05, 4.69) is 9.71 Å². The van der Waals surface area contributed by atoms with Crippen LogP contribution in [0.1, 0.15) is 27.9 Å². The van der Waals surface area contributed by atoms with Crippen molar-refractivity contribution in [3.63, 3.8) is 0 Å². The number of nitrogens with two attached hydrogens (primary N) is 2. The van der Waals surface area contributed by atoms with Crippen LogP contribution < -0.4 is 30.4 Å². The summed E-state index contributed by atoms with van der Waals surface area (Å²) in [7, 11) is -4.07. The van der Waals surface area contributed by atoms with Gasteiger partial charge in [0.25, 0.3) is 10.2 Å². The van der Waals surface area contributed by atoms with Gasteiger partial charge in [0.05, 0.1) is 17.9 Å². The van der Waals surface area contributed by atoms with Gasteiger partial charge in [0.2, 0.25) is 0 Å².